The first-order valence-electron chi connectivity index (χ1n) is 10.3. The first-order valence-corrected chi connectivity index (χ1v) is 10.3. The summed E-state index contributed by atoms with van der Waals surface area (Å²) in [6.45, 7) is 0.540. The number of carbonyl (C=O) groups excluding carboxylic acids is 2. The van der Waals surface area contributed by atoms with Crippen molar-refractivity contribution in [1.29, 1.82) is 0 Å². The first kappa shape index (κ1) is 17.9. The second-order valence-electron chi connectivity index (χ2n) is 8.06. The Bertz CT molecular complexity index is 1030. The normalized spacial score (nSPS) is 19.9. The Morgan fingerprint density at radius 2 is 1.93 bits per heavy atom. The molecular weight excluding hydrogens is 364 g/mol. The van der Waals surface area contributed by atoms with Crippen molar-refractivity contribution in [3.05, 3.63) is 48.5 Å². The molecule has 2 fully saturated rings. The molecule has 2 N–H and O–H groups in total. The van der Waals surface area contributed by atoms with Gasteiger partial charge in [0.2, 0.25) is 11.8 Å². The molecule has 0 radical (unpaired) electrons. The number of imidazole rings is 1. The zero-order valence-electron chi connectivity index (χ0n) is 16.2. The second-order valence-corrected chi connectivity index (χ2v) is 8.06. The Balaban J connectivity index is 1.30. The maximum atomic E-state index is 12.8. The highest BCUT2D eigenvalue weighted by Gasteiger charge is 2.38. The van der Waals surface area contributed by atoms with E-state index in [1.807, 2.05) is 53.4 Å². The van der Waals surface area contributed by atoms with Crippen molar-refractivity contribution < 1.29 is 9.59 Å². The van der Waals surface area contributed by atoms with Gasteiger partial charge in [0.1, 0.15) is 5.82 Å². The Labute approximate surface area is 169 Å². The summed E-state index contributed by atoms with van der Waals surface area (Å²) in [6, 6.07) is 15.9. The van der Waals surface area contributed by atoms with Gasteiger partial charge in [0.25, 0.3) is 0 Å². The number of rotatable bonds is 4. The van der Waals surface area contributed by atoms with Crippen LogP contribution in [0, 0.1) is 5.92 Å². The van der Waals surface area contributed by atoms with Gasteiger partial charge in [-0.05, 0) is 37.1 Å². The number of hydrogen-bond donors (Lipinski definition) is 2. The molecule has 2 aromatic carbocycles. The number of amides is 2. The van der Waals surface area contributed by atoms with E-state index in [2.05, 4.69) is 15.3 Å². The number of H-pyrrole nitrogens is 1. The Morgan fingerprint density at radius 1 is 1.10 bits per heavy atom. The minimum absolute atomic E-state index is 0.0828. The fourth-order valence-corrected chi connectivity index (χ4v) is 4.55. The average Bonchev–Trinajstić information content (AvgIpc) is 3.47. The molecule has 2 aliphatic rings. The molecule has 1 saturated carbocycles. The van der Waals surface area contributed by atoms with Crippen LogP contribution >= 0.6 is 0 Å². The third-order valence-corrected chi connectivity index (χ3v) is 6.09. The molecule has 3 aromatic rings. The summed E-state index contributed by atoms with van der Waals surface area (Å²) in [5, 5.41) is 3.00. The number of nitrogens with one attached hydrogen (secondary N) is 2. The van der Waals surface area contributed by atoms with Crippen molar-refractivity contribution in [1.82, 2.24) is 14.9 Å². The molecule has 29 heavy (non-hydrogen) atoms. The summed E-state index contributed by atoms with van der Waals surface area (Å²) in [5.41, 5.74) is 3.52. The minimum Gasteiger partial charge on any atom is -0.339 e. The number of benzene rings is 2. The number of anilines is 1. The number of nitrogens with zero attached hydrogens (tertiary/aromatic N) is 2. The summed E-state index contributed by atoms with van der Waals surface area (Å²) in [7, 11) is 0. The van der Waals surface area contributed by atoms with Gasteiger partial charge in [-0.1, -0.05) is 37.1 Å². The van der Waals surface area contributed by atoms with Crippen LogP contribution in [0.3, 0.4) is 0 Å². The third-order valence-electron chi connectivity index (χ3n) is 6.09. The van der Waals surface area contributed by atoms with Gasteiger partial charge in [-0.15, -0.1) is 0 Å². The zero-order valence-corrected chi connectivity index (χ0v) is 16.2. The number of para-hydroxylation sites is 2. The van der Waals surface area contributed by atoms with Gasteiger partial charge in [0.05, 0.1) is 17.0 Å². The van der Waals surface area contributed by atoms with E-state index in [-0.39, 0.29) is 17.7 Å². The van der Waals surface area contributed by atoms with Gasteiger partial charge in [-0.25, -0.2) is 4.98 Å². The molecule has 2 amide bonds. The summed E-state index contributed by atoms with van der Waals surface area (Å²) >= 11 is 0. The molecule has 0 bridgehead atoms. The molecule has 1 aromatic heterocycles. The van der Waals surface area contributed by atoms with Crippen LogP contribution in [0.4, 0.5) is 5.69 Å². The van der Waals surface area contributed by atoms with Crippen LogP contribution in [-0.4, -0.2) is 39.3 Å². The highest BCUT2D eigenvalue weighted by atomic mass is 16.2. The molecule has 1 saturated heterocycles. The van der Waals surface area contributed by atoms with Gasteiger partial charge in [-0.3, -0.25) is 9.59 Å². The van der Waals surface area contributed by atoms with E-state index in [4.69, 9.17) is 0 Å². The van der Waals surface area contributed by atoms with E-state index >= 15 is 0 Å². The number of hydrogen-bond acceptors (Lipinski definition) is 3. The largest absolute Gasteiger partial charge is 0.339 e. The second kappa shape index (κ2) is 7.35. The lowest BCUT2D eigenvalue weighted by Gasteiger charge is -2.23. The van der Waals surface area contributed by atoms with Gasteiger partial charge >= 0.3 is 0 Å². The molecule has 6 nitrogen and oxygen atoms in total. The summed E-state index contributed by atoms with van der Waals surface area (Å²) < 4.78 is 0. The van der Waals surface area contributed by atoms with Crippen LogP contribution in [0.2, 0.25) is 0 Å². The smallest absolute Gasteiger partial charge is 0.229 e. The topological polar surface area (TPSA) is 78.1 Å². The molecule has 0 spiro atoms. The fraction of sp³-hybridized carbons (Fsp3) is 0.348. The third kappa shape index (κ3) is 3.50. The van der Waals surface area contributed by atoms with Crippen molar-refractivity contribution in [2.75, 3.05) is 11.9 Å². The lowest BCUT2D eigenvalue weighted by molar-refractivity contribution is -0.129. The van der Waals surface area contributed by atoms with Crippen molar-refractivity contribution in [2.24, 2.45) is 5.92 Å². The number of likely N-dealkylation sites (tertiary alicyclic amines) is 1. The van der Waals surface area contributed by atoms with Crippen molar-refractivity contribution in [3.63, 3.8) is 0 Å². The predicted octanol–water partition coefficient (Wildman–Crippen LogP) is 3.96. The SMILES string of the molecule is O=C(Nc1cccc(-c2nc3ccccc3[nH]2)c1)C1CC(=O)N(C2CCCC2)C1. The van der Waals surface area contributed by atoms with Crippen LogP contribution < -0.4 is 5.32 Å². The highest BCUT2D eigenvalue weighted by molar-refractivity contribution is 5.97. The monoisotopic (exact) mass is 388 g/mol. The van der Waals surface area contributed by atoms with Gasteiger partial charge < -0.3 is 15.2 Å². The lowest BCUT2D eigenvalue weighted by Crippen LogP contribution is -2.35. The number of carbonyl (C=O) groups is 2. The number of fused-ring (bicyclic) bond motifs is 1. The van der Waals surface area contributed by atoms with E-state index in [1.54, 1.807) is 0 Å². The molecule has 148 valence electrons. The number of aromatic amines is 1. The summed E-state index contributed by atoms with van der Waals surface area (Å²) in [5.74, 6) is 0.525. The molecule has 1 aliphatic carbocycles. The van der Waals surface area contributed by atoms with Gasteiger partial charge in [-0.2, -0.15) is 0 Å². The van der Waals surface area contributed by atoms with Crippen LogP contribution in [0.1, 0.15) is 32.1 Å². The van der Waals surface area contributed by atoms with E-state index in [9.17, 15) is 9.59 Å². The first-order chi connectivity index (χ1) is 14.2. The Kier molecular flexibility index (Phi) is 4.54. The fourth-order valence-electron chi connectivity index (χ4n) is 4.55. The van der Waals surface area contributed by atoms with Crippen LogP contribution in [0.25, 0.3) is 22.4 Å². The maximum Gasteiger partial charge on any atom is 0.229 e. The molecule has 6 heteroatoms. The molecule has 1 atom stereocenters. The van der Waals surface area contributed by atoms with Crippen LogP contribution in [0.15, 0.2) is 48.5 Å². The lowest BCUT2D eigenvalue weighted by atomic mass is 10.1. The summed E-state index contributed by atoms with van der Waals surface area (Å²) in [6.07, 6.45) is 4.81. The Hall–Kier alpha value is -3.15. The quantitative estimate of drug-likeness (QED) is 0.710. The van der Waals surface area contributed by atoms with E-state index < -0.39 is 0 Å². The summed E-state index contributed by atoms with van der Waals surface area (Å²) in [4.78, 5) is 35.1. The predicted molar refractivity (Wildman–Crippen MR) is 112 cm³/mol. The standard InChI is InChI=1S/C23H24N4O2/c28-21-13-16(14-27(21)18-8-1-2-9-18)23(29)24-17-7-5-6-15(12-17)22-25-19-10-3-4-11-20(19)26-22/h3-7,10-12,16,18H,1-2,8-9,13-14H2,(H,24,29)(H,25,26). The van der Waals surface area contributed by atoms with Crippen molar-refractivity contribution in [2.45, 2.75) is 38.1 Å². The molecule has 5 rings (SSSR count). The van der Waals surface area contributed by atoms with E-state index in [1.165, 1.54) is 12.8 Å². The molecular formula is C23H24N4O2. The van der Waals surface area contributed by atoms with E-state index in [0.29, 0.717) is 19.0 Å². The van der Waals surface area contributed by atoms with Crippen molar-refractivity contribution >= 4 is 28.5 Å². The van der Waals surface area contributed by atoms with Crippen LogP contribution in [0.5, 0.6) is 0 Å². The van der Waals surface area contributed by atoms with Crippen molar-refractivity contribution in [3.8, 4) is 11.4 Å². The maximum absolute atomic E-state index is 12.8. The molecule has 2 heterocycles. The minimum atomic E-state index is -0.280. The number of aromatic nitrogens is 2. The highest BCUT2D eigenvalue weighted by Crippen LogP contribution is 2.30. The zero-order chi connectivity index (χ0) is 19.8. The van der Waals surface area contributed by atoms with E-state index in [0.717, 1.165) is 41.0 Å². The van der Waals surface area contributed by atoms with Gasteiger partial charge in [0.15, 0.2) is 0 Å². The van der Waals surface area contributed by atoms with Crippen LogP contribution in [-0.2, 0) is 9.59 Å². The Morgan fingerprint density at radius 3 is 2.76 bits per heavy atom. The average molecular weight is 388 g/mol. The molecule has 1 aliphatic heterocycles. The van der Waals surface area contributed by atoms with Gasteiger partial charge in [0, 0.05) is 30.3 Å². The molecule has 1 unspecified atom stereocenters.